The molecule has 0 bridgehead atoms. The number of carbonyl (C=O) groups is 2. The van der Waals surface area contributed by atoms with Crippen molar-refractivity contribution >= 4 is 11.9 Å². The fourth-order valence-electron chi connectivity index (χ4n) is 1.88. The van der Waals surface area contributed by atoms with Gasteiger partial charge in [-0.2, -0.15) is 0 Å². The summed E-state index contributed by atoms with van der Waals surface area (Å²) in [5.41, 5.74) is -1.45. The van der Waals surface area contributed by atoms with Gasteiger partial charge in [-0.1, -0.05) is 0 Å². The van der Waals surface area contributed by atoms with Gasteiger partial charge in [-0.05, 0) is 32.9 Å². The number of piperidine rings is 1. The number of hydrogen-bond acceptors (Lipinski definition) is 5. The maximum atomic E-state index is 11.5. The van der Waals surface area contributed by atoms with Gasteiger partial charge in [0, 0.05) is 6.54 Å². The second-order valence-electron chi connectivity index (χ2n) is 5.10. The van der Waals surface area contributed by atoms with Crippen molar-refractivity contribution in [3.8, 4) is 0 Å². The Morgan fingerprint density at radius 1 is 1.42 bits per heavy atom. The number of carboxylic acids is 1. The van der Waals surface area contributed by atoms with Crippen molar-refractivity contribution in [2.24, 2.45) is 0 Å². The molecule has 19 heavy (non-hydrogen) atoms. The van der Waals surface area contributed by atoms with Crippen LogP contribution in [0, 0.1) is 0 Å². The Balaban J connectivity index is 2.18. The smallest absolute Gasteiger partial charge is 0.306 e. The van der Waals surface area contributed by atoms with Crippen LogP contribution in [-0.2, 0) is 14.3 Å². The maximum Gasteiger partial charge on any atom is 0.306 e. The highest BCUT2D eigenvalue weighted by Gasteiger charge is 2.25. The molecule has 4 N–H and O–H groups in total. The average Bonchev–Trinajstić information content (AvgIpc) is 2.34. The fraction of sp³-hybridized carbons (Fsp3) is 0.833. The summed E-state index contributed by atoms with van der Waals surface area (Å²) >= 11 is 0. The standard InChI is InChI=1S/C12H22N2O5/c1-12(18,6-11(16)17)8-14-10(15)7-19-9-2-4-13-5-3-9/h9,13,18H,2-8H2,1H3,(H,14,15)(H,16,17). The molecule has 7 nitrogen and oxygen atoms in total. The van der Waals surface area contributed by atoms with E-state index in [4.69, 9.17) is 9.84 Å². The molecule has 1 fully saturated rings. The molecule has 0 aromatic heterocycles. The number of amides is 1. The minimum atomic E-state index is -1.45. The van der Waals surface area contributed by atoms with Crippen LogP contribution < -0.4 is 10.6 Å². The second kappa shape index (κ2) is 7.42. The van der Waals surface area contributed by atoms with Crippen molar-refractivity contribution in [2.45, 2.75) is 37.9 Å². The van der Waals surface area contributed by atoms with Crippen molar-refractivity contribution in [3.63, 3.8) is 0 Å². The molecule has 1 rings (SSSR count). The first-order valence-electron chi connectivity index (χ1n) is 6.42. The van der Waals surface area contributed by atoms with E-state index in [2.05, 4.69) is 10.6 Å². The van der Waals surface area contributed by atoms with E-state index in [1.165, 1.54) is 6.92 Å². The van der Waals surface area contributed by atoms with Crippen molar-refractivity contribution in [3.05, 3.63) is 0 Å². The summed E-state index contributed by atoms with van der Waals surface area (Å²) in [5, 5.41) is 24.0. The van der Waals surface area contributed by atoms with Crippen LogP contribution in [0.4, 0.5) is 0 Å². The highest BCUT2D eigenvalue weighted by atomic mass is 16.5. The van der Waals surface area contributed by atoms with Gasteiger partial charge in [0.1, 0.15) is 6.61 Å². The molecule has 1 heterocycles. The third-order valence-corrected chi connectivity index (χ3v) is 2.93. The fourth-order valence-corrected chi connectivity index (χ4v) is 1.88. The normalized spacial score (nSPS) is 19.7. The summed E-state index contributed by atoms with van der Waals surface area (Å²) < 4.78 is 5.44. The van der Waals surface area contributed by atoms with Crippen molar-refractivity contribution in [2.75, 3.05) is 26.2 Å². The lowest BCUT2D eigenvalue weighted by Gasteiger charge is -2.24. The zero-order valence-corrected chi connectivity index (χ0v) is 11.1. The van der Waals surface area contributed by atoms with Crippen LogP contribution in [0.2, 0.25) is 0 Å². The van der Waals surface area contributed by atoms with Crippen LogP contribution >= 0.6 is 0 Å². The highest BCUT2D eigenvalue weighted by molar-refractivity contribution is 5.77. The topological polar surface area (TPSA) is 108 Å². The number of rotatable bonds is 7. The van der Waals surface area contributed by atoms with E-state index in [9.17, 15) is 14.7 Å². The zero-order chi connectivity index (χ0) is 14.3. The number of carbonyl (C=O) groups excluding carboxylic acids is 1. The Kier molecular flexibility index (Phi) is 6.20. The molecular formula is C12H22N2O5. The van der Waals surface area contributed by atoms with E-state index in [1.807, 2.05) is 0 Å². The first-order chi connectivity index (χ1) is 8.89. The van der Waals surface area contributed by atoms with Crippen LogP contribution in [0.1, 0.15) is 26.2 Å². The van der Waals surface area contributed by atoms with Gasteiger partial charge in [0.05, 0.1) is 18.1 Å². The highest BCUT2D eigenvalue weighted by Crippen LogP contribution is 2.08. The minimum Gasteiger partial charge on any atom is -0.481 e. The van der Waals surface area contributed by atoms with Crippen LogP contribution in [0.5, 0.6) is 0 Å². The van der Waals surface area contributed by atoms with Crippen LogP contribution in [0.15, 0.2) is 0 Å². The molecular weight excluding hydrogens is 252 g/mol. The van der Waals surface area contributed by atoms with E-state index in [-0.39, 0.29) is 25.2 Å². The minimum absolute atomic E-state index is 0.0617. The van der Waals surface area contributed by atoms with Gasteiger partial charge in [0.2, 0.25) is 5.91 Å². The lowest BCUT2D eigenvalue weighted by Crippen LogP contribution is -2.44. The van der Waals surface area contributed by atoms with Crippen molar-refractivity contribution < 1.29 is 24.5 Å². The van der Waals surface area contributed by atoms with E-state index in [0.717, 1.165) is 25.9 Å². The molecule has 1 atom stereocenters. The molecule has 1 unspecified atom stereocenters. The first-order valence-corrected chi connectivity index (χ1v) is 6.42. The summed E-state index contributed by atoms with van der Waals surface area (Å²) in [5.74, 6) is -1.45. The number of aliphatic hydroxyl groups is 1. The van der Waals surface area contributed by atoms with Crippen LogP contribution in [0.25, 0.3) is 0 Å². The summed E-state index contributed by atoms with van der Waals surface area (Å²) in [6.07, 6.45) is 1.43. The summed E-state index contributed by atoms with van der Waals surface area (Å²) in [4.78, 5) is 22.0. The van der Waals surface area contributed by atoms with Gasteiger partial charge >= 0.3 is 5.97 Å². The van der Waals surface area contributed by atoms with Gasteiger partial charge in [-0.15, -0.1) is 0 Å². The van der Waals surface area contributed by atoms with Gasteiger partial charge in [0.25, 0.3) is 0 Å². The predicted octanol–water partition coefficient (Wildman–Crippen LogP) is -0.903. The third-order valence-electron chi connectivity index (χ3n) is 2.93. The molecule has 110 valence electrons. The molecule has 1 aliphatic rings. The molecule has 0 aromatic carbocycles. The van der Waals surface area contributed by atoms with E-state index >= 15 is 0 Å². The molecule has 1 aliphatic heterocycles. The van der Waals surface area contributed by atoms with Crippen molar-refractivity contribution in [1.82, 2.24) is 10.6 Å². The van der Waals surface area contributed by atoms with Gasteiger partial charge in [-0.3, -0.25) is 9.59 Å². The first kappa shape index (κ1) is 15.9. The summed E-state index contributed by atoms with van der Waals surface area (Å²) in [7, 11) is 0. The predicted molar refractivity (Wildman–Crippen MR) is 67.7 cm³/mol. The van der Waals surface area contributed by atoms with Gasteiger partial charge in [-0.25, -0.2) is 0 Å². The Bertz CT molecular complexity index is 313. The molecule has 0 aromatic rings. The largest absolute Gasteiger partial charge is 0.481 e. The van der Waals surface area contributed by atoms with Crippen LogP contribution in [0.3, 0.4) is 0 Å². The Hall–Kier alpha value is -1.18. The molecule has 0 saturated carbocycles. The number of hydrogen-bond donors (Lipinski definition) is 4. The zero-order valence-electron chi connectivity index (χ0n) is 11.1. The Morgan fingerprint density at radius 2 is 2.05 bits per heavy atom. The SMILES string of the molecule is CC(O)(CNC(=O)COC1CCNCC1)CC(=O)O. The number of aliphatic carboxylic acids is 1. The molecule has 0 spiro atoms. The lowest BCUT2D eigenvalue weighted by molar-refractivity contribution is -0.142. The molecule has 7 heteroatoms. The molecule has 0 radical (unpaired) electrons. The molecule has 1 amide bonds. The number of carboxylic acid groups (broad SMARTS) is 1. The quantitative estimate of drug-likeness (QED) is 0.479. The average molecular weight is 274 g/mol. The van der Waals surface area contributed by atoms with E-state index < -0.39 is 18.0 Å². The van der Waals surface area contributed by atoms with E-state index in [1.54, 1.807) is 0 Å². The van der Waals surface area contributed by atoms with E-state index in [0.29, 0.717) is 0 Å². The maximum absolute atomic E-state index is 11.5. The number of ether oxygens (including phenoxy) is 1. The Morgan fingerprint density at radius 3 is 2.63 bits per heavy atom. The number of nitrogens with one attached hydrogen (secondary N) is 2. The third kappa shape index (κ3) is 7.09. The molecule has 0 aliphatic carbocycles. The van der Waals surface area contributed by atoms with Gasteiger partial charge in [0.15, 0.2) is 0 Å². The van der Waals surface area contributed by atoms with Gasteiger partial charge < -0.3 is 25.6 Å². The Labute approximate surface area is 112 Å². The summed E-state index contributed by atoms with van der Waals surface area (Å²) in [6, 6.07) is 0. The summed E-state index contributed by atoms with van der Waals surface area (Å²) in [6.45, 7) is 2.98. The molecule has 1 saturated heterocycles. The van der Waals surface area contributed by atoms with Crippen LogP contribution in [-0.4, -0.2) is 60.0 Å². The second-order valence-corrected chi connectivity index (χ2v) is 5.10. The monoisotopic (exact) mass is 274 g/mol. The van der Waals surface area contributed by atoms with Crippen molar-refractivity contribution in [1.29, 1.82) is 0 Å². The lowest BCUT2D eigenvalue weighted by atomic mass is 10.0.